The van der Waals surface area contributed by atoms with Crippen LogP contribution in [0, 0.1) is 6.92 Å². The molecule has 29 heavy (non-hydrogen) atoms. The van der Waals surface area contributed by atoms with Crippen molar-refractivity contribution in [2.75, 3.05) is 26.3 Å². The van der Waals surface area contributed by atoms with Gasteiger partial charge in [-0.1, -0.05) is 42.0 Å². The summed E-state index contributed by atoms with van der Waals surface area (Å²) in [5, 5.41) is 12.0. The van der Waals surface area contributed by atoms with Crippen molar-refractivity contribution in [2.45, 2.75) is 33.0 Å². The zero-order valence-electron chi connectivity index (χ0n) is 17.1. The zero-order chi connectivity index (χ0) is 20.1. The summed E-state index contributed by atoms with van der Waals surface area (Å²) in [6.07, 6.45) is 0. The van der Waals surface area contributed by atoms with Gasteiger partial charge in [0.15, 0.2) is 0 Å². The molecule has 1 saturated heterocycles. The van der Waals surface area contributed by atoms with Crippen LogP contribution in [0.1, 0.15) is 35.5 Å². The minimum atomic E-state index is -0.0295. The van der Waals surface area contributed by atoms with Crippen LogP contribution in [0.3, 0.4) is 0 Å². The number of nitrogens with zero attached hydrogens (tertiary/aromatic N) is 3. The Kier molecular flexibility index (Phi) is 6.34. The quantitative estimate of drug-likeness (QED) is 0.661. The van der Waals surface area contributed by atoms with Crippen LogP contribution in [-0.4, -0.2) is 41.4 Å². The molecule has 2 heterocycles. The minimum Gasteiger partial charge on any atom is -0.419 e. The molecule has 3 aromatic rings. The Morgan fingerprint density at radius 1 is 1.00 bits per heavy atom. The van der Waals surface area contributed by atoms with Crippen molar-refractivity contribution >= 4 is 0 Å². The molecule has 1 N–H and O–H groups in total. The van der Waals surface area contributed by atoms with Crippen molar-refractivity contribution < 1.29 is 9.15 Å². The summed E-state index contributed by atoms with van der Waals surface area (Å²) < 4.78 is 11.4. The third-order valence-corrected chi connectivity index (χ3v) is 5.32. The number of hydrogen-bond donors (Lipinski definition) is 1. The molecule has 0 spiro atoms. The van der Waals surface area contributed by atoms with Gasteiger partial charge in [-0.05, 0) is 37.1 Å². The fourth-order valence-electron chi connectivity index (χ4n) is 3.46. The molecule has 1 unspecified atom stereocenters. The number of aryl methyl sites for hydroxylation is 1. The maximum atomic E-state index is 5.90. The van der Waals surface area contributed by atoms with Gasteiger partial charge in [0.1, 0.15) is 0 Å². The smallest absolute Gasteiger partial charge is 0.247 e. The van der Waals surface area contributed by atoms with Crippen LogP contribution in [0.25, 0.3) is 11.5 Å². The Morgan fingerprint density at radius 3 is 2.48 bits per heavy atom. The van der Waals surface area contributed by atoms with Crippen molar-refractivity contribution in [1.82, 2.24) is 20.4 Å². The van der Waals surface area contributed by atoms with Gasteiger partial charge in [0.2, 0.25) is 11.8 Å². The Labute approximate surface area is 171 Å². The van der Waals surface area contributed by atoms with E-state index >= 15 is 0 Å². The molecule has 1 aliphatic heterocycles. The maximum absolute atomic E-state index is 5.90. The van der Waals surface area contributed by atoms with Crippen molar-refractivity contribution in [2.24, 2.45) is 0 Å². The average Bonchev–Trinajstić information content (AvgIpc) is 3.24. The van der Waals surface area contributed by atoms with Gasteiger partial charge in [-0.2, -0.15) is 0 Å². The highest BCUT2D eigenvalue weighted by Gasteiger charge is 2.16. The minimum absolute atomic E-state index is 0.0295. The van der Waals surface area contributed by atoms with Gasteiger partial charge in [-0.15, -0.1) is 10.2 Å². The lowest BCUT2D eigenvalue weighted by molar-refractivity contribution is 0.0340. The van der Waals surface area contributed by atoms with E-state index in [1.165, 1.54) is 16.7 Å². The molecule has 0 aliphatic carbocycles. The predicted octanol–water partition coefficient (Wildman–Crippen LogP) is 3.73. The summed E-state index contributed by atoms with van der Waals surface area (Å²) in [4.78, 5) is 2.44. The first-order valence-electron chi connectivity index (χ1n) is 10.2. The Bertz CT molecular complexity index is 917. The highest BCUT2D eigenvalue weighted by atomic mass is 16.5. The maximum Gasteiger partial charge on any atom is 0.247 e. The monoisotopic (exact) mass is 392 g/mol. The SMILES string of the molecule is Cc1ccc(-c2nnc(C(C)NCc3ccccc3CN3CCOCC3)o2)cc1. The van der Waals surface area contributed by atoms with Crippen LogP contribution in [0.15, 0.2) is 52.9 Å². The summed E-state index contributed by atoms with van der Waals surface area (Å²) in [6, 6.07) is 16.7. The molecule has 1 aliphatic rings. The van der Waals surface area contributed by atoms with E-state index in [-0.39, 0.29) is 6.04 Å². The highest BCUT2D eigenvalue weighted by Crippen LogP contribution is 2.21. The lowest BCUT2D eigenvalue weighted by Gasteiger charge is -2.27. The second-order valence-corrected chi connectivity index (χ2v) is 7.57. The fraction of sp³-hybridized carbons (Fsp3) is 0.391. The van der Waals surface area contributed by atoms with E-state index in [2.05, 4.69) is 58.5 Å². The van der Waals surface area contributed by atoms with Crippen LogP contribution < -0.4 is 5.32 Å². The topological polar surface area (TPSA) is 63.4 Å². The van der Waals surface area contributed by atoms with Crippen molar-refractivity contribution in [3.05, 3.63) is 71.1 Å². The highest BCUT2D eigenvalue weighted by molar-refractivity contribution is 5.52. The molecule has 6 nitrogen and oxygen atoms in total. The fourth-order valence-corrected chi connectivity index (χ4v) is 3.46. The number of ether oxygens (including phenoxy) is 1. The van der Waals surface area contributed by atoms with E-state index in [1.54, 1.807) is 0 Å². The van der Waals surface area contributed by atoms with Crippen LogP contribution in [-0.2, 0) is 17.8 Å². The average molecular weight is 393 g/mol. The third kappa shape index (κ3) is 5.09. The second kappa shape index (κ2) is 9.31. The Hall–Kier alpha value is -2.54. The van der Waals surface area contributed by atoms with Gasteiger partial charge >= 0.3 is 0 Å². The first kappa shape index (κ1) is 19.8. The molecule has 1 atom stereocenters. The number of morpholine rings is 1. The van der Waals surface area contributed by atoms with Crippen LogP contribution >= 0.6 is 0 Å². The normalized spacial score (nSPS) is 16.1. The standard InChI is InChI=1S/C23H28N4O2/c1-17-7-9-19(10-8-17)23-26-25-22(29-23)18(2)24-15-20-5-3-4-6-21(20)16-27-11-13-28-14-12-27/h3-10,18,24H,11-16H2,1-2H3. The van der Waals surface area contributed by atoms with Gasteiger partial charge in [-0.3, -0.25) is 4.90 Å². The Balaban J connectivity index is 1.38. The predicted molar refractivity (Wildman–Crippen MR) is 112 cm³/mol. The van der Waals surface area contributed by atoms with E-state index in [1.807, 2.05) is 24.3 Å². The summed E-state index contributed by atoms with van der Waals surface area (Å²) in [7, 11) is 0. The van der Waals surface area contributed by atoms with Gasteiger partial charge in [0, 0.05) is 31.7 Å². The molecule has 0 radical (unpaired) electrons. The molecular weight excluding hydrogens is 364 g/mol. The van der Waals surface area contributed by atoms with Crippen LogP contribution in [0.5, 0.6) is 0 Å². The zero-order valence-corrected chi connectivity index (χ0v) is 17.1. The molecule has 0 amide bonds. The first-order valence-corrected chi connectivity index (χ1v) is 10.2. The van der Waals surface area contributed by atoms with Gasteiger partial charge in [0.05, 0.1) is 19.3 Å². The molecule has 2 aromatic carbocycles. The largest absolute Gasteiger partial charge is 0.419 e. The molecule has 0 saturated carbocycles. The lowest BCUT2D eigenvalue weighted by atomic mass is 10.1. The van der Waals surface area contributed by atoms with Crippen molar-refractivity contribution in [1.29, 1.82) is 0 Å². The Morgan fingerprint density at radius 2 is 1.72 bits per heavy atom. The van der Waals surface area contributed by atoms with E-state index in [0.717, 1.165) is 45.0 Å². The summed E-state index contributed by atoms with van der Waals surface area (Å²) in [5.74, 6) is 1.16. The van der Waals surface area contributed by atoms with Crippen molar-refractivity contribution in [3.8, 4) is 11.5 Å². The molecule has 6 heteroatoms. The van der Waals surface area contributed by atoms with Gasteiger partial charge in [-0.25, -0.2) is 0 Å². The number of hydrogen-bond acceptors (Lipinski definition) is 6. The second-order valence-electron chi connectivity index (χ2n) is 7.57. The molecule has 4 rings (SSSR count). The molecule has 152 valence electrons. The van der Waals surface area contributed by atoms with E-state index < -0.39 is 0 Å². The van der Waals surface area contributed by atoms with Crippen molar-refractivity contribution in [3.63, 3.8) is 0 Å². The van der Waals surface area contributed by atoms with E-state index in [4.69, 9.17) is 9.15 Å². The number of aromatic nitrogens is 2. The number of benzene rings is 2. The summed E-state index contributed by atoms with van der Waals surface area (Å²) in [6.45, 7) is 9.43. The molecule has 0 bridgehead atoms. The number of nitrogens with one attached hydrogen (secondary N) is 1. The first-order chi connectivity index (χ1) is 14.2. The third-order valence-electron chi connectivity index (χ3n) is 5.32. The van der Waals surface area contributed by atoms with E-state index in [9.17, 15) is 0 Å². The van der Waals surface area contributed by atoms with Crippen LogP contribution in [0.2, 0.25) is 0 Å². The lowest BCUT2D eigenvalue weighted by Crippen LogP contribution is -2.36. The van der Waals surface area contributed by atoms with E-state index in [0.29, 0.717) is 11.8 Å². The van der Waals surface area contributed by atoms with Gasteiger partial charge < -0.3 is 14.5 Å². The van der Waals surface area contributed by atoms with Gasteiger partial charge in [0.25, 0.3) is 0 Å². The summed E-state index contributed by atoms with van der Waals surface area (Å²) in [5.41, 5.74) is 4.79. The number of rotatable bonds is 7. The molecule has 1 fully saturated rings. The molecule has 1 aromatic heterocycles. The molecular formula is C23H28N4O2. The summed E-state index contributed by atoms with van der Waals surface area (Å²) >= 11 is 0. The van der Waals surface area contributed by atoms with Crippen LogP contribution in [0.4, 0.5) is 0 Å².